The Hall–Kier alpha value is -2.31. The van der Waals surface area contributed by atoms with Gasteiger partial charge in [-0.2, -0.15) is 0 Å². The molecule has 1 aromatic heterocycles. The highest BCUT2D eigenvalue weighted by molar-refractivity contribution is 5.84. The highest BCUT2D eigenvalue weighted by Gasteiger charge is 2.07. The second-order valence-electron chi connectivity index (χ2n) is 4.90. The van der Waals surface area contributed by atoms with E-state index in [2.05, 4.69) is 10.6 Å². The molecule has 0 saturated carbocycles. The molecule has 7 nitrogen and oxygen atoms in total. The van der Waals surface area contributed by atoms with E-state index in [1.165, 1.54) is 22.9 Å². The van der Waals surface area contributed by atoms with Crippen molar-refractivity contribution < 1.29 is 9.59 Å². The third kappa shape index (κ3) is 5.55. The molecule has 1 rings (SSSR count). The number of hydrogen-bond donors (Lipinski definition) is 3. The van der Waals surface area contributed by atoms with Gasteiger partial charge in [0.15, 0.2) is 0 Å². The molecular formula is C13H20N4O3. The average Bonchev–Trinajstić information content (AvgIpc) is 2.38. The predicted molar refractivity (Wildman–Crippen MR) is 76.0 cm³/mol. The zero-order chi connectivity index (χ0) is 15.1. The molecule has 0 bridgehead atoms. The molecule has 20 heavy (non-hydrogen) atoms. The molecule has 0 atom stereocenters. The number of anilines is 1. The van der Waals surface area contributed by atoms with Crippen LogP contribution in [0.5, 0.6) is 0 Å². The van der Waals surface area contributed by atoms with Crippen LogP contribution in [0.2, 0.25) is 0 Å². The number of amides is 2. The molecule has 1 heterocycles. The molecule has 0 saturated heterocycles. The second kappa shape index (κ2) is 7.32. The van der Waals surface area contributed by atoms with Gasteiger partial charge in [0, 0.05) is 24.5 Å². The van der Waals surface area contributed by atoms with Gasteiger partial charge in [-0.15, -0.1) is 0 Å². The lowest BCUT2D eigenvalue weighted by Crippen LogP contribution is -2.40. The molecule has 0 spiro atoms. The molecular weight excluding hydrogens is 260 g/mol. The van der Waals surface area contributed by atoms with Crippen molar-refractivity contribution >= 4 is 17.5 Å². The zero-order valence-electron chi connectivity index (χ0n) is 11.7. The van der Waals surface area contributed by atoms with Crippen molar-refractivity contribution in [2.45, 2.75) is 20.4 Å². The normalized spacial score (nSPS) is 10.3. The van der Waals surface area contributed by atoms with E-state index in [1.807, 2.05) is 13.8 Å². The summed E-state index contributed by atoms with van der Waals surface area (Å²) >= 11 is 0. The summed E-state index contributed by atoms with van der Waals surface area (Å²) in [6, 6.07) is 2.76. The summed E-state index contributed by atoms with van der Waals surface area (Å²) in [4.78, 5) is 34.5. The summed E-state index contributed by atoms with van der Waals surface area (Å²) < 4.78 is 1.19. The van der Waals surface area contributed by atoms with Crippen LogP contribution < -0.4 is 21.9 Å². The molecule has 2 amide bonds. The van der Waals surface area contributed by atoms with Crippen LogP contribution in [0.1, 0.15) is 13.8 Å². The van der Waals surface area contributed by atoms with E-state index in [-0.39, 0.29) is 24.6 Å². The maximum atomic E-state index is 11.6. The molecule has 0 unspecified atom stereocenters. The Morgan fingerprint density at radius 1 is 1.25 bits per heavy atom. The van der Waals surface area contributed by atoms with Gasteiger partial charge in [-0.25, -0.2) is 0 Å². The summed E-state index contributed by atoms with van der Waals surface area (Å²) in [6.45, 7) is 4.24. The minimum Gasteiger partial charge on any atom is -0.398 e. The molecule has 1 aromatic rings. The number of aromatic nitrogens is 1. The summed E-state index contributed by atoms with van der Waals surface area (Å²) in [5.41, 5.74) is 5.61. The van der Waals surface area contributed by atoms with Crippen molar-refractivity contribution in [3.8, 4) is 0 Å². The Labute approximate surface area is 117 Å². The van der Waals surface area contributed by atoms with Gasteiger partial charge in [0.1, 0.15) is 6.54 Å². The van der Waals surface area contributed by atoms with Gasteiger partial charge in [0.05, 0.1) is 6.54 Å². The lowest BCUT2D eigenvalue weighted by atomic mass is 10.2. The summed E-state index contributed by atoms with van der Waals surface area (Å²) in [7, 11) is 0. The van der Waals surface area contributed by atoms with E-state index >= 15 is 0 Å². The van der Waals surface area contributed by atoms with E-state index in [0.717, 1.165) is 0 Å². The fourth-order valence-corrected chi connectivity index (χ4v) is 1.44. The number of nitrogens with zero attached hydrogens (tertiary/aromatic N) is 1. The molecule has 0 aliphatic carbocycles. The number of nitrogens with one attached hydrogen (secondary N) is 2. The first-order chi connectivity index (χ1) is 9.38. The fourth-order valence-electron chi connectivity index (χ4n) is 1.44. The fraction of sp³-hybridized carbons (Fsp3) is 0.462. The minimum absolute atomic E-state index is 0.109. The van der Waals surface area contributed by atoms with Crippen molar-refractivity contribution in [2.24, 2.45) is 5.92 Å². The van der Waals surface area contributed by atoms with Crippen LogP contribution in [-0.4, -0.2) is 29.5 Å². The molecule has 0 aliphatic heterocycles. The monoisotopic (exact) mass is 280 g/mol. The van der Waals surface area contributed by atoms with Crippen molar-refractivity contribution in [2.75, 3.05) is 18.8 Å². The first-order valence-electron chi connectivity index (χ1n) is 6.38. The molecule has 110 valence electrons. The van der Waals surface area contributed by atoms with E-state index in [9.17, 15) is 14.4 Å². The number of pyridine rings is 1. The molecule has 0 fully saturated rings. The van der Waals surface area contributed by atoms with E-state index in [0.29, 0.717) is 18.2 Å². The van der Waals surface area contributed by atoms with E-state index in [1.54, 1.807) is 0 Å². The molecule has 0 aliphatic rings. The Kier molecular flexibility index (Phi) is 5.76. The topological polar surface area (TPSA) is 106 Å². The van der Waals surface area contributed by atoms with Crippen molar-refractivity contribution in [1.82, 2.24) is 15.2 Å². The van der Waals surface area contributed by atoms with Crippen molar-refractivity contribution in [1.29, 1.82) is 0 Å². The third-order valence-corrected chi connectivity index (χ3v) is 2.47. The van der Waals surface area contributed by atoms with Gasteiger partial charge < -0.3 is 20.9 Å². The van der Waals surface area contributed by atoms with Crippen LogP contribution in [0.3, 0.4) is 0 Å². The number of carbonyl (C=O) groups is 2. The van der Waals surface area contributed by atoms with Gasteiger partial charge in [0.25, 0.3) is 5.56 Å². The smallest absolute Gasteiger partial charge is 0.251 e. The highest BCUT2D eigenvalue weighted by Crippen LogP contribution is 1.95. The Morgan fingerprint density at radius 3 is 2.60 bits per heavy atom. The second-order valence-corrected chi connectivity index (χ2v) is 4.90. The van der Waals surface area contributed by atoms with Gasteiger partial charge in [0.2, 0.25) is 11.8 Å². The Morgan fingerprint density at radius 2 is 1.95 bits per heavy atom. The predicted octanol–water partition coefficient (Wildman–Crippen LogP) is -0.681. The van der Waals surface area contributed by atoms with Crippen LogP contribution in [0, 0.1) is 5.92 Å². The van der Waals surface area contributed by atoms with E-state index in [4.69, 9.17) is 5.73 Å². The Bertz CT molecular complexity index is 537. The first kappa shape index (κ1) is 15.7. The maximum Gasteiger partial charge on any atom is 0.251 e. The van der Waals surface area contributed by atoms with Crippen LogP contribution in [-0.2, 0) is 16.1 Å². The summed E-state index contributed by atoms with van der Waals surface area (Å²) in [6.07, 6.45) is 1.39. The quantitative estimate of drug-likeness (QED) is 0.641. The number of nitrogens with two attached hydrogens (primary N) is 1. The average molecular weight is 280 g/mol. The first-order valence-corrected chi connectivity index (χ1v) is 6.38. The Balaban J connectivity index is 2.42. The van der Waals surface area contributed by atoms with Gasteiger partial charge >= 0.3 is 0 Å². The largest absolute Gasteiger partial charge is 0.398 e. The molecule has 0 aromatic carbocycles. The third-order valence-electron chi connectivity index (χ3n) is 2.47. The minimum atomic E-state index is -0.419. The lowest BCUT2D eigenvalue weighted by molar-refractivity contribution is -0.126. The van der Waals surface area contributed by atoms with Crippen LogP contribution in [0.25, 0.3) is 0 Å². The highest BCUT2D eigenvalue weighted by atomic mass is 16.2. The number of rotatable bonds is 6. The number of hydrogen-bond acceptors (Lipinski definition) is 4. The summed E-state index contributed by atoms with van der Waals surface area (Å²) in [5, 5.41) is 5.13. The van der Waals surface area contributed by atoms with Crippen LogP contribution in [0.4, 0.5) is 5.69 Å². The maximum absolute atomic E-state index is 11.6. The molecule has 7 heteroatoms. The number of carbonyl (C=O) groups excluding carboxylic acids is 2. The molecule has 0 radical (unpaired) electrons. The summed E-state index contributed by atoms with van der Waals surface area (Å²) in [5.74, 6) is -0.329. The zero-order valence-corrected chi connectivity index (χ0v) is 11.7. The SMILES string of the molecule is CC(C)CNC(=O)CNC(=O)Cn1cc(N)ccc1=O. The number of nitrogen functional groups attached to an aromatic ring is 1. The molecule has 4 N–H and O–H groups in total. The van der Waals surface area contributed by atoms with Gasteiger partial charge in [-0.3, -0.25) is 14.4 Å². The lowest BCUT2D eigenvalue weighted by Gasteiger charge is -2.09. The van der Waals surface area contributed by atoms with Crippen molar-refractivity contribution in [3.05, 3.63) is 28.7 Å². The van der Waals surface area contributed by atoms with Gasteiger partial charge in [-0.05, 0) is 12.0 Å². The van der Waals surface area contributed by atoms with Crippen molar-refractivity contribution in [3.63, 3.8) is 0 Å². The van der Waals surface area contributed by atoms with Gasteiger partial charge in [-0.1, -0.05) is 13.8 Å². The van der Waals surface area contributed by atoms with Crippen LogP contribution in [0.15, 0.2) is 23.1 Å². The van der Waals surface area contributed by atoms with Crippen LogP contribution >= 0.6 is 0 Å². The standard InChI is InChI=1S/C13H20N4O3/c1-9(2)5-15-11(18)6-16-12(19)8-17-7-10(14)3-4-13(17)20/h3-4,7,9H,5-6,8,14H2,1-2H3,(H,15,18)(H,16,19). The van der Waals surface area contributed by atoms with E-state index < -0.39 is 5.91 Å².